The maximum absolute atomic E-state index is 11.8. The first-order valence-electron chi connectivity index (χ1n) is 5.79. The predicted octanol–water partition coefficient (Wildman–Crippen LogP) is 1.44. The molecule has 0 saturated heterocycles. The summed E-state index contributed by atoms with van der Waals surface area (Å²) in [4.78, 5) is 11.8. The highest BCUT2D eigenvalue weighted by Gasteiger charge is 2.13. The third-order valence-electron chi connectivity index (χ3n) is 2.75. The van der Waals surface area contributed by atoms with Crippen molar-refractivity contribution < 1.29 is 25.2 Å². The SMILES string of the molecule is O=C(NCc1ccc(O)c(O)c1)c1cccc(O)c1O. The van der Waals surface area contributed by atoms with Gasteiger partial charge in [-0.3, -0.25) is 4.79 Å². The lowest BCUT2D eigenvalue weighted by Gasteiger charge is -2.08. The van der Waals surface area contributed by atoms with Gasteiger partial charge < -0.3 is 25.7 Å². The summed E-state index contributed by atoms with van der Waals surface area (Å²) in [6, 6.07) is 8.25. The fraction of sp³-hybridized carbons (Fsp3) is 0.0714. The molecule has 2 aromatic carbocycles. The van der Waals surface area contributed by atoms with Crippen molar-refractivity contribution in [1.82, 2.24) is 5.32 Å². The van der Waals surface area contributed by atoms with Crippen molar-refractivity contribution in [2.75, 3.05) is 0 Å². The molecule has 20 heavy (non-hydrogen) atoms. The lowest BCUT2D eigenvalue weighted by molar-refractivity contribution is 0.0947. The van der Waals surface area contributed by atoms with E-state index in [1.54, 1.807) is 0 Å². The maximum atomic E-state index is 11.8. The number of carbonyl (C=O) groups is 1. The molecule has 0 aliphatic heterocycles. The summed E-state index contributed by atoms with van der Waals surface area (Å²) in [6.07, 6.45) is 0. The molecule has 0 bridgehead atoms. The van der Waals surface area contributed by atoms with Gasteiger partial charge in [-0.2, -0.15) is 0 Å². The Morgan fingerprint density at radius 1 is 0.950 bits per heavy atom. The van der Waals surface area contributed by atoms with Crippen molar-refractivity contribution in [3.8, 4) is 23.0 Å². The zero-order valence-electron chi connectivity index (χ0n) is 10.4. The number of carbonyl (C=O) groups excluding carboxylic acids is 1. The second-order valence-corrected chi connectivity index (χ2v) is 4.18. The Balaban J connectivity index is 2.08. The molecule has 104 valence electrons. The second-order valence-electron chi connectivity index (χ2n) is 4.18. The summed E-state index contributed by atoms with van der Waals surface area (Å²) >= 11 is 0. The molecule has 0 spiro atoms. The van der Waals surface area contributed by atoms with Crippen LogP contribution in [0.15, 0.2) is 36.4 Å². The van der Waals surface area contributed by atoms with Gasteiger partial charge in [-0.05, 0) is 29.8 Å². The topological polar surface area (TPSA) is 110 Å². The van der Waals surface area contributed by atoms with E-state index in [2.05, 4.69) is 5.32 Å². The van der Waals surface area contributed by atoms with Crippen LogP contribution in [0.4, 0.5) is 0 Å². The van der Waals surface area contributed by atoms with E-state index >= 15 is 0 Å². The lowest BCUT2D eigenvalue weighted by atomic mass is 10.1. The minimum atomic E-state index is -0.564. The Labute approximate surface area is 114 Å². The van der Waals surface area contributed by atoms with Crippen LogP contribution >= 0.6 is 0 Å². The van der Waals surface area contributed by atoms with Gasteiger partial charge in [-0.1, -0.05) is 12.1 Å². The Bertz CT molecular complexity index is 654. The van der Waals surface area contributed by atoms with Crippen molar-refractivity contribution in [1.29, 1.82) is 0 Å². The molecule has 0 atom stereocenters. The first-order chi connectivity index (χ1) is 9.49. The van der Waals surface area contributed by atoms with Crippen LogP contribution < -0.4 is 5.32 Å². The van der Waals surface area contributed by atoms with Gasteiger partial charge in [0.1, 0.15) is 0 Å². The van der Waals surface area contributed by atoms with E-state index in [1.165, 1.54) is 36.4 Å². The summed E-state index contributed by atoms with van der Waals surface area (Å²) in [5, 5.41) is 39.9. The Kier molecular flexibility index (Phi) is 3.65. The molecular weight excluding hydrogens is 262 g/mol. The number of benzene rings is 2. The van der Waals surface area contributed by atoms with Crippen LogP contribution in [0.1, 0.15) is 15.9 Å². The molecule has 2 aromatic rings. The Morgan fingerprint density at radius 3 is 2.40 bits per heavy atom. The van der Waals surface area contributed by atoms with E-state index in [9.17, 15) is 20.1 Å². The van der Waals surface area contributed by atoms with Gasteiger partial charge in [0, 0.05) is 6.54 Å². The lowest BCUT2D eigenvalue weighted by Crippen LogP contribution is -2.22. The fourth-order valence-electron chi connectivity index (χ4n) is 1.67. The molecular formula is C14H13NO5. The average Bonchev–Trinajstić information content (AvgIpc) is 2.43. The van der Waals surface area contributed by atoms with Crippen molar-refractivity contribution in [3.63, 3.8) is 0 Å². The molecule has 0 aromatic heterocycles. The number of phenolic OH excluding ortho intramolecular Hbond substituents is 4. The summed E-state index contributed by atoms with van der Waals surface area (Å²) in [5.74, 6) is -1.95. The number of rotatable bonds is 3. The monoisotopic (exact) mass is 275 g/mol. The predicted molar refractivity (Wildman–Crippen MR) is 70.7 cm³/mol. The Hall–Kier alpha value is -2.89. The van der Waals surface area contributed by atoms with Gasteiger partial charge in [-0.15, -0.1) is 0 Å². The number of nitrogens with one attached hydrogen (secondary N) is 1. The summed E-state index contributed by atoms with van der Waals surface area (Å²) in [6.45, 7) is 0.0990. The van der Waals surface area contributed by atoms with E-state index in [0.29, 0.717) is 5.56 Å². The molecule has 0 radical (unpaired) electrons. The molecule has 0 aliphatic rings. The summed E-state index contributed by atoms with van der Waals surface area (Å²) < 4.78 is 0. The first kappa shape index (κ1) is 13.5. The van der Waals surface area contributed by atoms with E-state index < -0.39 is 11.7 Å². The third-order valence-corrected chi connectivity index (χ3v) is 2.75. The number of hydrogen-bond donors (Lipinski definition) is 5. The summed E-state index contributed by atoms with van der Waals surface area (Å²) in [5.41, 5.74) is 0.529. The third kappa shape index (κ3) is 2.74. The minimum absolute atomic E-state index is 0.0481. The molecule has 0 heterocycles. The fourth-order valence-corrected chi connectivity index (χ4v) is 1.67. The van der Waals surface area contributed by atoms with Crippen molar-refractivity contribution in [2.45, 2.75) is 6.54 Å². The van der Waals surface area contributed by atoms with Gasteiger partial charge >= 0.3 is 0 Å². The van der Waals surface area contributed by atoms with Crippen LogP contribution in [0.25, 0.3) is 0 Å². The molecule has 0 aliphatic carbocycles. The highest BCUT2D eigenvalue weighted by atomic mass is 16.3. The van der Waals surface area contributed by atoms with Gasteiger partial charge in [-0.25, -0.2) is 0 Å². The highest BCUT2D eigenvalue weighted by Crippen LogP contribution is 2.28. The normalized spacial score (nSPS) is 10.2. The molecule has 0 unspecified atom stereocenters. The molecule has 6 nitrogen and oxygen atoms in total. The van der Waals surface area contributed by atoms with E-state index in [1.807, 2.05) is 0 Å². The van der Waals surface area contributed by atoms with Crippen LogP contribution in [-0.4, -0.2) is 26.3 Å². The van der Waals surface area contributed by atoms with E-state index in [4.69, 9.17) is 5.11 Å². The smallest absolute Gasteiger partial charge is 0.255 e. The number of amides is 1. The molecule has 6 heteroatoms. The van der Waals surface area contributed by atoms with Gasteiger partial charge in [0.05, 0.1) is 5.56 Å². The van der Waals surface area contributed by atoms with Crippen LogP contribution in [-0.2, 0) is 6.54 Å². The number of para-hydroxylation sites is 1. The zero-order valence-corrected chi connectivity index (χ0v) is 10.4. The number of hydrogen-bond acceptors (Lipinski definition) is 5. The largest absolute Gasteiger partial charge is 0.504 e. The number of aromatic hydroxyl groups is 4. The quantitative estimate of drug-likeness (QED) is 0.544. The summed E-state index contributed by atoms with van der Waals surface area (Å²) in [7, 11) is 0. The second kappa shape index (κ2) is 5.40. The molecule has 1 amide bonds. The maximum Gasteiger partial charge on any atom is 0.255 e. The molecule has 0 saturated carbocycles. The van der Waals surface area contributed by atoms with Crippen LogP contribution in [0.3, 0.4) is 0 Å². The van der Waals surface area contributed by atoms with Gasteiger partial charge in [0.15, 0.2) is 23.0 Å². The Morgan fingerprint density at radius 2 is 1.70 bits per heavy atom. The van der Waals surface area contributed by atoms with Gasteiger partial charge in [0.2, 0.25) is 0 Å². The van der Waals surface area contributed by atoms with Crippen LogP contribution in [0, 0.1) is 0 Å². The van der Waals surface area contributed by atoms with Crippen LogP contribution in [0.2, 0.25) is 0 Å². The highest BCUT2D eigenvalue weighted by molar-refractivity contribution is 5.97. The van der Waals surface area contributed by atoms with E-state index in [0.717, 1.165) is 0 Å². The van der Waals surface area contributed by atoms with Gasteiger partial charge in [0.25, 0.3) is 5.91 Å². The number of phenols is 4. The standard InChI is InChI=1S/C14H13NO5/c16-10-5-4-8(6-12(10)18)7-15-14(20)9-2-1-3-11(17)13(9)19/h1-6,16-19H,7H2,(H,15,20). The molecule has 0 fully saturated rings. The zero-order chi connectivity index (χ0) is 14.7. The first-order valence-corrected chi connectivity index (χ1v) is 5.79. The van der Waals surface area contributed by atoms with Crippen molar-refractivity contribution in [3.05, 3.63) is 47.5 Å². The van der Waals surface area contributed by atoms with Crippen molar-refractivity contribution in [2.24, 2.45) is 0 Å². The van der Waals surface area contributed by atoms with Crippen LogP contribution in [0.5, 0.6) is 23.0 Å². The average molecular weight is 275 g/mol. The molecule has 5 N–H and O–H groups in total. The van der Waals surface area contributed by atoms with E-state index in [-0.39, 0.29) is 29.4 Å². The molecule has 2 rings (SSSR count). The van der Waals surface area contributed by atoms with Crippen molar-refractivity contribution >= 4 is 5.91 Å². The minimum Gasteiger partial charge on any atom is -0.504 e.